The molecule has 3 nitrogen and oxygen atoms in total. The zero-order chi connectivity index (χ0) is 8.27. The average Bonchev–Trinajstić information content (AvgIpc) is 2.04. The molecule has 1 heterocycles. The van der Waals surface area contributed by atoms with Gasteiger partial charge in [-0.3, -0.25) is 0 Å². The summed E-state index contributed by atoms with van der Waals surface area (Å²) in [4.78, 5) is 0. The molecule has 0 N–H and O–H groups in total. The number of hydrogen-bond donors (Lipinski definition) is 0. The first kappa shape index (κ1) is 8.97. The largest absolute Gasteiger partial charge is 0.379 e. The van der Waals surface area contributed by atoms with Crippen LogP contribution in [0.2, 0.25) is 0 Å². The molecule has 0 bridgehead atoms. The highest BCUT2D eigenvalue weighted by Crippen LogP contribution is 2.18. The standard InChI is InChI=1S/C8H16O3/c1-6-4-7(9-2)8(10-3)5-11-6/h6-8H,4-5H2,1-3H3/t6-,7+,8-/m0/s1. The van der Waals surface area contributed by atoms with Gasteiger partial charge in [-0.05, 0) is 6.92 Å². The minimum Gasteiger partial charge on any atom is -0.379 e. The molecule has 0 aliphatic carbocycles. The SMILES string of the molecule is CO[C@H]1CO[C@@H](C)C[C@H]1OC. The molecule has 1 aliphatic rings. The van der Waals surface area contributed by atoms with Crippen LogP contribution in [0.4, 0.5) is 0 Å². The van der Waals surface area contributed by atoms with Crippen molar-refractivity contribution in [3.63, 3.8) is 0 Å². The Morgan fingerprint density at radius 3 is 2.36 bits per heavy atom. The van der Waals surface area contributed by atoms with Crippen molar-refractivity contribution in [3.8, 4) is 0 Å². The molecule has 0 saturated carbocycles. The highest BCUT2D eigenvalue weighted by atomic mass is 16.6. The van der Waals surface area contributed by atoms with Gasteiger partial charge in [-0.25, -0.2) is 0 Å². The van der Waals surface area contributed by atoms with E-state index in [1.54, 1.807) is 14.2 Å². The summed E-state index contributed by atoms with van der Waals surface area (Å²) in [5.41, 5.74) is 0. The van der Waals surface area contributed by atoms with Gasteiger partial charge in [0.2, 0.25) is 0 Å². The Morgan fingerprint density at radius 2 is 1.82 bits per heavy atom. The smallest absolute Gasteiger partial charge is 0.107 e. The Balaban J connectivity index is 2.41. The van der Waals surface area contributed by atoms with Gasteiger partial charge in [0.15, 0.2) is 0 Å². The second-order valence-corrected chi connectivity index (χ2v) is 2.93. The van der Waals surface area contributed by atoms with E-state index in [4.69, 9.17) is 14.2 Å². The van der Waals surface area contributed by atoms with E-state index in [2.05, 4.69) is 6.92 Å². The molecule has 1 rings (SSSR count). The lowest BCUT2D eigenvalue weighted by Crippen LogP contribution is -2.42. The first-order valence-corrected chi connectivity index (χ1v) is 3.95. The number of ether oxygens (including phenoxy) is 3. The molecule has 1 fully saturated rings. The molecule has 3 atom stereocenters. The van der Waals surface area contributed by atoms with Gasteiger partial charge >= 0.3 is 0 Å². The van der Waals surface area contributed by atoms with Crippen molar-refractivity contribution in [1.29, 1.82) is 0 Å². The molecule has 1 saturated heterocycles. The molecule has 0 aromatic carbocycles. The van der Waals surface area contributed by atoms with E-state index in [-0.39, 0.29) is 12.2 Å². The third-order valence-corrected chi connectivity index (χ3v) is 2.13. The van der Waals surface area contributed by atoms with E-state index < -0.39 is 0 Å². The van der Waals surface area contributed by atoms with Gasteiger partial charge in [0, 0.05) is 20.6 Å². The lowest BCUT2D eigenvalue weighted by atomic mass is 10.0. The highest BCUT2D eigenvalue weighted by Gasteiger charge is 2.28. The van der Waals surface area contributed by atoms with Crippen molar-refractivity contribution >= 4 is 0 Å². The van der Waals surface area contributed by atoms with Crippen LogP contribution in [-0.4, -0.2) is 39.1 Å². The van der Waals surface area contributed by atoms with Crippen molar-refractivity contribution in [3.05, 3.63) is 0 Å². The summed E-state index contributed by atoms with van der Waals surface area (Å²) in [5, 5.41) is 0. The van der Waals surface area contributed by atoms with Crippen molar-refractivity contribution in [2.75, 3.05) is 20.8 Å². The van der Waals surface area contributed by atoms with Crippen LogP contribution in [0.25, 0.3) is 0 Å². The van der Waals surface area contributed by atoms with Crippen LogP contribution in [0.15, 0.2) is 0 Å². The normalized spacial score (nSPS) is 39.0. The van der Waals surface area contributed by atoms with Crippen LogP contribution in [0.3, 0.4) is 0 Å². The summed E-state index contributed by atoms with van der Waals surface area (Å²) in [6, 6.07) is 0. The Bertz CT molecular complexity index is 116. The molecule has 0 aromatic rings. The minimum atomic E-state index is 0.108. The van der Waals surface area contributed by atoms with Gasteiger partial charge in [-0.2, -0.15) is 0 Å². The quantitative estimate of drug-likeness (QED) is 0.598. The Kier molecular flexibility index (Phi) is 3.30. The predicted molar refractivity (Wildman–Crippen MR) is 41.6 cm³/mol. The maximum atomic E-state index is 5.41. The van der Waals surface area contributed by atoms with E-state index in [1.807, 2.05) is 0 Å². The third-order valence-electron chi connectivity index (χ3n) is 2.13. The maximum absolute atomic E-state index is 5.41. The Labute approximate surface area is 67.6 Å². The zero-order valence-electron chi connectivity index (χ0n) is 7.37. The Morgan fingerprint density at radius 1 is 1.18 bits per heavy atom. The monoisotopic (exact) mass is 160 g/mol. The molecule has 0 aromatic heterocycles. The zero-order valence-corrected chi connectivity index (χ0v) is 7.37. The summed E-state index contributed by atoms with van der Waals surface area (Å²) in [7, 11) is 3.41. The minimum absolute atomic E-state index is 0.108. The molecular weight excluding hydrogens is 144 g/mol. The molecule has 0 radical (unpaired) electrons. The van der Waals surface area contributed by atoms with Crippen molar-refractivity contribution in [1.82, 2.24) is 0 Å². The van der Waals surface area contributed by atoms with E-state index >= 15 is 0 Å². The lowest BCUT2D eigenvalue weighted by molar-refractivity contribution is -0.139. The van der Waals surface area contributed by atoms with Gasteiger partial charge in [0.1, 0.15) is 6.10 Å². The van der Waals surface area contributed by atoms with Gasteiger partial charge in [0.25, 0.3) is 0 Å². The average molecular weight is 160 g/mol. The highest BCUT2D eigenvalue weighted by molar-refractivity contribution is 4.77. The molecule has 0 spiro atoms. The van der Waals surface area contributed by atoms with E-state index in [1.165, 1.54) is 0 Å². The second kappa shape index (κ2) is 4.04. The maximum Gasteiger partial charge on any atom is 0.107 e. The number of rotatable bonds is 2. The number of hydrogen-bond acceptors (Lipinski definition) is 3. The summed E-state index contributed by atoms with van der Waals surface area (Å²) in [5.74, 6) is 0. The molecule has 3 heteroatoms. The van der Waals surface area contributed by atoms with Crippen molar-refractivity contribution in [2.24, 2.45) is 0 Å². The fourth-order valence-electron chi connectivity index (χ4n) is 1.38. The number of methoxy groups -OCH3 is 2. The van der Waals surface area contributed by atoms with Gasteiger partial charge < -0.3 is 14.2 Å². The molecule has 11 heavy (non-hydrogen) atoms. The summed E-state index contributed by atoms with van der Waals surface area (Å²) in [6.07, 6.45) is 1.53. The topological polar surface area (TPSA) is 27.7 Å². The van der Waals surface area contributed by atoms with Gasteiger partial charge in [-0.15, -0.1) is 0 Å². The first-order chi connectivity index (χ1) is 5.27. The third kappa shape index (κ3) is 2.15. The first-order valence-electron chi connectivity index (χ1n) is 3.95. The fraction of sp³-hybridized carbons (Fsp3) is 1.00. The fourth-order valence-corrected chi connectivity index (χ4v) is 1.38. The van der Waals surface area contributed by atoms with Crippen LogP contribution >= 0.6 is 0 Å². The van der Waals surface area contributed by atoms with E-state index in [0.717, 1.165) is 6.42 Å². The molecule has 66 valence electrons. The second-order valence-electron chi connectivity index (χ2n) is 2.93. The van der Waals surface area contributed by atoms with Crippen LogP contribution in [0.5, 0.6) is 0 Å². The van der Waals surface area contributed by atoms with Crippen LogP contribution in [0, 0.1) is 0 Å². The summed E-state index contributed by atoms with van der Waals surface area (Å²) >= 11 is 0. The van der Waals surface area contributed by atoms with Crippen LogP contribution < -0.4 is 0 Å². The van der Waals surface area contributed by atoms with Gasteiger partial charge in [0.05, 0.1) is 18.8 Å². The summed E-state index contributed by atoms with van der Waals surface area (Å²) in [6.45, 7) is 2.70. The molecular formula is C8H16O3. The predicted octanol–water partition coefficient (Wildman–Crippen LogP) is 0.825. The Hall–Kier alpha value is -0.120. The van der Waals surface area contributed by atoms with E-state index in [9.17, 15) is 0 Å². The van der Waals surface area contributed by atoms with Crippen molar-refractivity contribution < 1.29 is 14.2 Å². The van der Waals surface area contributed by atoms with Crippen LogP contribution in [-0.2, 0) is 14.2 Å². The molecule has 0 amide bonds. The van der Waals surface area contributed by atoms with Crippen LogP contribution in [0.1, 0.15) is 13.3 Å². The van der Waals surface area contributed by atoms with Gasteiger partial charge in [-0.1, -0.05) is 0 Å². The van der Waals surface area contributed by atoms with Crippen molar-refractivity contribution in [2.45, 2.75) is 31.7 Å². The molecule has 0 unspecified atom stereocenters. The molecule has 1 aliphatic heterocycles. The summed E-state index contributed by atoms with van der Waals surface area (Å²) < 4.78 is 15.9. The van der Waals surface area contributed by atoms with E-state index in [0.29, 0.717) is 12.7 Å². The lowest BCUT2D eigenvalue weighted by Gasteiger charge is -2.32.